The van der Waals surface area contributed by atoms with Gasteiger partial charge in [0.25, 0.3) is 0 Å². The maximum Gasteiger partial charge on any atom is 0.227 e. The summed E-state index contributed by atoms with van der Waals surface area (Å²) >= 11 is 0. The van der Waals surface area contributed by atoms with E-state index in [0.717, 1.165) is 19.5 Å². The standard InChI is InChI=1S/C18H25FN2O3/c19-15-4-2-1-3-14(15)13-18(23)21-7-5-16(17(22)6-8-21)20-9-11-24-12-10-20/h1-4,16-17,22H,5-13H2/t16-,17-/m0/s1. The van der Waals surface area contributed by atoms with E-state index in [0.29, 0.717) is 38.3 Å². The van der Waals surface area contributed by atoms with Gasteiger partial charge in [0.1, 0.15) is 5.82 Å². The van der Waals surface area contributed by atoms with Crippen molar-refractivity contribution in [2.75, 3.05) is 39.4 Å². The van der Waals surface area contributed by atoms with Gasteiger partial charge in [0.15, 0.2) is 0 Å². The predicted octanol–water partition coefficient (Wildman–Crippen LogP) is 1.05. The van der Waals surface area contributed by atoms with Crippen LogP contribution < -0.4 is 0 Å². The summed E-state index contributed by atoms with van der Waals surface area (Å²) in [6.45, 7) is 4.16. The van der Waals surface area contributed by atoms with Gasteiger partial charge in [-0.3, -0.25) is 9.69 Å². The minimum atomic E-state index is -0.436. The number of halogens is 1. The van der Waals surface area contributed by atoms with E-state index in [4.69, 9.17) is 4.74 Å². The van der Waals surface area contributed by atoms with E-state index in [-0.39, 0.29) is 24.2 Å². The number of hydrogen-bond acceptors (Lipinski definition) is 4. The highest BCUT2D eigenvalue weighted by Gasteiger charge is 2.31. The van der Waals surface area contributed by atoms with Crippen LogP contribution in [0, 0.1) is 5.82 Å². The third-order valence-electron chi connectivity index (χ3n) is 5.00. The molecule has 24 heavy (non-hydrogen) atoms. The monoisotopic (exact) mass is 336 g/mol. The molecule has 0 radical (unpaired) electrons. The minimum Gasteiger partial charge on any atom is -0.391 e. The molecule has 1 aromatic rings. The Hall–Kier alpha value is -1.50. The largest absolute Gasteiger partial charge is 0.391 e. The van der Waals surface area contributed by atoms with Gasteiger partial charge in [-0.15, -0.1) is 0 Å². The summed E-state index contributed by atoms with van der Waals surface area (Å²) in [4.78, 5) is 16.5. The second-order valence-electron chi connectivity index (χ2n) is 6.51. The van der Waals surface area contributed by atoms with Crippen molar-refractivity contribution in [3.8, 4) is 0 Å². The van der Waals surface area contributed by atoms with Gasteiger partial charge in [0.2, 0.25) is 5.91 Å². The topological polar surface area (TPSA) is 53.0 Å². The minimum absolute atomic E-state index is 0.0696. The fourth-order valence-electron chi connectivity index (χ4n) is 3.57. The van der Waals surface area contributed by atoms with Gasteiger partial charge in [-0.05, 0) is 24.5 Å². The normalized spacial score (nSPS) is 26.2. The maximum absolute atomic E-state index is 13.7. The van der Waals surface area contributed by atoms with Gasteiger partial charge in [-0.2, -0.15) is 0 Å². The van der Waals surface area contributed by atoms with Crippen molar-refractivity contribution >= 4 is 5.91 Å². The Morgan fingerprint density at radius 2 is 1.88 bits per heavy atom. The number of amides is 1. The molecule has 0 aliphatic carbocycles. The zero-order chi connectivity index (χ0) is 16.9. The molecule has 6 heteroatoms. The number of rotatable bonds is 3. The number of likely N-dealkylation sites (tertiary alicyclic amines) is 1. The molecule has 1 N–H and O–H groups in total. The van der Waals surface area contributed by atoms with E-state index in [2.05, 4.69) is 4.90 Å². The number of carbonyl (C=O) groups excluding carboxylic acids is 1. The summed E-state index contributed by atoms with van der Waals surface area (Å²) in [6, 6.07) is 6.46. The zero-order valence-corrected chi connectivity index (χ0v) is 13.9. The number of benzene rings is 1. The van der Waals surface area contributed by atoms with E-state index in [1.54, 1.807) is 23.1 Å². The number of morpholine rings is 1. The molecule has 2 aliphatic heterocycles. The number of carbonyl (C=O) groups is 1. The summed E-state index contributed by atoms with van der Waals surface area (Å²) in [5, 5.41) is 10.5. The van der Waals surface area contributed by atoms with Crippen molar-refractivity contribution in [3.63, 3.8) is 0 Å². The molecular formula is C18H25FN2O3. The molecule has 0 saturated carbocycles. The highest BCUT2D eigenvalue weighted by molar-refractivity contribution is 5.78. The van der Waals surface area contributed by atoms with Gasteiger partial charge in [-0.25, -0.2) is 4.39 Å². The van der Waals surface area contributed by atoms with E-state index in [1.807, 2.05) is 0 Å². The molecule has 2 atom stereocenters. The van der Waals surface area contributed by atoms with E-state index < -0.39 is 6.10 Å². The molecule has 2 aliphatic rings. The lowest BCUT2D eigenvalue weighted by Crippen LogP contribution is -2.49. The lowest BCUT2D eigenvalue weighted by molar-refractivity contribution is -0.130. The Bertz CT molecular complexity index is 563. The molecule has 2 fully saturated rings. The van der Waals surface area contributed by atoms with E-state index in [9.17, 15) is 14.3 Å². The SMILES string of the molecule is O=C(Cc1ccccc1F)N1CC[C@H](O)[C@@H](N2CCOCC2)CC1. The smallest absolute Gasteiger partial charge is 0.227 e. The highest BCUT2D eigenvalue weighted by Crippen LogP contribution is 2.20. The van der Waals surface area contributed by atoms with Crippen molar-refractivity contribution in [2.24, 2.45) is 0 Å². The van der Waals surface area contributed by atoms with Gasteiger partial charge in [-0.1, -0.05) is 18.2 Å². The lowest BCUT2D eigenvalue weighted by Gasteiger charge is -2.36. The first-order valence-corrected chi connectivity index (χ1v) is 8.66. The number of nitrogens with zero attached hydrogens (tertiary/aromatic N) is 2. The van der Waals surface area contributed by atoms with Crippen LogP contribution in [-0.4, -0.2) is 72.4 Å². The Morgan fingerprint density at radius 3 is 2.62 bits per heavy atom. The average Bonchev–Trinajstić information content (AvgIpc) is 2.79. The van der Waals surface area contributed by atoms with Crippen LogP contribution in [0.15, 0.2) is 24.3 Å². The third-order valence-corrected chi connectivity index (χ3v) is 5.00. The lowest BCUT2D eigenvalue weighted by atomic mass is 10.0. The van der Waals surface area contributed by atoms with Crippen LogP contribution in [0.1, 0.15) is 18.4 Å². The Kier molecular flexibility index (Phi) is 5.81. The van der Waals surface area contributed by atoms with Gasteiger partial charge in [0.05, 0.1) is 25.7 Å². The van der Waals surface area contributed by atoms with E-state index >= 15 is 0 Å². The second kappa shape index (κ2) is 8.05. The molecule has 0 spiro atoms. The van der Waals surface area contributed by atoms with Crippen LogP contribution in [0.2, 0.25) is 0 Å². The van der Waals surface area contributed by atoms with Crippen LogP contribution in [0.25, 0.3) is 0 Å². The summed E-state index contributed by atoms with van der Waals surface area (Å²) in [5.41, 5.74) is 0.428. The summed E-state index contributed by atoms with van der Waals surface area (Å²) < 4.78 is 19.1. The number of aliphatic hydroxyl groups excluding tert-OH is 1. The van der Waals surface area contributed by atoms with Crippen molar-refractivity contribution in [1.29, 1.82) is 0 Å². The molecule has 2 heterocycles. The fraction of sp³-hybridized carbons (Fsp3) is 0.611. The molecule has 2 saturated heterocycles. The van der Waals surface area contributed by atoms with Crippen molar-refractivity contribution < 1.29 is 19.0 Å². The molecule has 5 nitrogen and oxygen atoms in total. The van der Waals surface area contributed by atoms with Crippen LogP contribution >= 0.6 is 0 Å². The van der Waals surface area contributed by atoms with Crippen LogP contribution in [-0.2, 0) is 16.0 Å². The van der Waals surface area contributed by atoms with Crippen LogP contribution in [0.3, 0.4) is 0 Å². The van der Waals surface area contributed by atoms with Crippen LogP contribution in [0.4, 0.5) is 4.39 Å². The maximum atomic E-state index is 13.7. The molecule has 3 rings (SSSR count). The molecule has 0 bridgehead atoms. The number of hydrogen-bond donors (Lipinski definition) is 1. The summed E-state index contributed by atoms with van der Waals surface area (Å²) in [6.07, 6.45) is 0.939. The van der Waals surface area contributed by atoms with Crippen molar-refractivity contribution in [3.05, 3.63) is 35.6 Å². The van der Waals surface area contributed by atoms with Crippen LogP contribution in [0.5, 0.6) is 0 Å². The Balaban J connectivity index is 1.59. The van der Waals surface area contributed by atoms with Crippen molar-refractivity contribution in [1.82, 2.24) is 9.80 Å². The second-order valence-corrected chi connectivity index (χ2v) is 6.51. The zero-order valence-electron chi connectivity index (χ0n) is 13.9. The first kappa shape index (κ1) is 17.3. The van der Waals surface area contributed by atoms with Gasteiger partial charge < -0.3 is 14.7 Å². The Labute approximate surface area is 142 Å². The average molecular weight is 336 g/mol. The van der Waals surface area contributed by atoms with Gasteiger partial charge in [0, 0.05) is 32.2 Å². The van der Waals surface area contributed by atoms with E-state index in [1.165, 1.54) is 6.07 Å². The fourth-order valence-corrected chi connectivity index (χ4v) is 3.57. The summed E-state index contributed by atoms with van der Waals surface area (Å²) in [5.74, 6) is -0.415. The molecule has 0 unspecified atom stereocenters. The quantitative estimate of drug-likeness (QED) is 0.897. The first-order valence-electron chi connectivity index (χ1n) is 8.66. The predicted molar refractivity (Wildman–Crippen MR) is 88.1 cm³/mol. The molecule has 1 aromatic carbocycles. The highest BCUT2D eigenvalue weighted by atomic mass is 19.1. The third kappa shape index (κ3) is 4.12. The number of ether oxygens (including phenoxy) is 1. The molecular weight excluding hydrogens is 311 g/mol. The summed E-state index contributed by atoms with van der Waals surface area (Å²) in [7, 11) is 0. The Morgan fingerprint density at radius 1 is 1.17 bits per heavy atom. The van der Waals surface area contributed by atoms with Gasteiger partial charge >= 0.3 is 0 Å². The number of aliphatic hydroxyl groups is 1. The van der Waals surface area contributed by atoms with Crippen molar-refractivity contribution in [2.45, 2.75) is 31.4 Å². The molecule has 132 valence electrons. The first-order chi connectivity index (χ1) is 11.6. The molecule has 1 amide bonds. The molecule has 0 aromatic heterocycles.